The van der Waals surface area contributed by atoms with Crippen molar-refractivity contribution in [3.05, 3.63) is 28.2 Å². The van der Waals surface area contributed by atoms with Crippen LogP contribution in [0.15, 0.2) is 18.3 Å². The van der Waals surface area contributed by atoms with Crippen molar-refractivity contribution in [1.82, 2.24) is 9.78 Å². The average Bonchev–Trinajstić information content (AvgIpc) is 2.93. The van der Waals surface area contributed by atoms with Crippen molar-refractivity contribution < 1.29 is 9.90 Å². The number of hydrogen-bond acceptors (Lipinski definition) is 3. The predicted molar refractivity (Wildman–Crippen MR) is 72.5 cm³/mol. The zero-order valence-electron chi connectivity index (χ0n) is 10.1. The number of thiophene rings is 1. The van der Waals surface area contributed by atoms with E-state index in [0.29, 0.717) is 10.0 Å². The number of nitrogens with zero attached hydrogens (tertiary/aromatic N) is 2. The Kier molecular flexibility index (Phi) is 3.73. The molecule has 6 heteroatoms. The van der Waals surface area contributed by atoms with Crippen molar-refractivity contribution in [1.29, 1.82) is 0 Å². The summed E-state index contributed by atoms with van der Waals surface area (Å²) < 4.78 is 2.33. The smallest absolute Gasteiger partial charge is 0.339 e. The first kappa shape index (κ1) is 13.1. The van der Waals surface area contributed by atoms with E-state index in [1.807, 2.05) is 13.8 Å². The van der Waals surface area contributed by atoms with Gasteiger partial charge in [0, 0.05) is 12.2 Å². The number of aromatic nitrogens is 2. The highest BCUT2D eigenvalue weighted by atomic mass is 35.5. The summed E-state index contributed by atoms with van der Waals surface area (Å²) in [5.74, 6) is -0.968. The van der Waals surface area contributed by atoms with E-state index in [1.54, 1.807) is 23.0 Å². The molecule has 2 heterocycles. The van der Waals surface area contributed by atoms with E-state index in [4.69, 9.17) is 11.6 Å². The molecule has 1 atom stereocenters. The van der Waals surface area contributed by atoms with Gasteiger partial charge in [0.1, 0.15) is 11.3 Å². The second kappa shape index (κ2) is 5.12. The highest BCUT2D eigenvalue weighted by Gasteiger charge is 2.19. The molecule has 1 unspecified atom stereocenters. The van der Waals surface area contributed by atoms with Crippen LogP contribution in [0.25, 0.3) is 10.6 Å². The number of carbonyl (C=O) groups is 1. The fourth-order valence-corrected chi connectivity index (χ4v) is 2.63. The van der Waals surface area contributed by atoms with Gasteiger partial charge in [-0.15, -0.1) is 11.3 Å². The van der Waals surface area contributed by atoms with E-state index in [-0.39, 0.29) is 11.6 Å². The van der Waals surface area contributed by atoms with E-state index in [1.165, 1.54) is 11.3 Å². The van der Waals surface area contributed by atoms with Crippen molar-refractivity contribution in [2.75, 3.05) is 0 Å². The molecule has 0 aliphatic heterocycles. The first-order valence-corrected chi connectivity index (χ1v) is 6.80. The standard InChI is InChI=1S/C12H13ClN2O2S/c1-3-7(2)15-6-8(12(16)17)11(14-15)9-4-5-10(13)18-9/h4-7H,3H2,1-2H3,(H,16,17). The lowest BCUT2D eigenvalue weighted by atomic mass is 10.2. The Hall–Kier alpha value is -1.33. The van der Waals surface area contributed by atoms with E-state index in [2.05, 4.69) is 5.10 Å². The Morgan fingerprint density at radius 2 is 2.33 bits per heavy atom. The molecule has 2 aromatic heterocycles. The minimum absolute atomic E-state index is 0.173. The summed E-state index contributed by atoms with van der Waals surface area (Å²) in [4.78, 5) is 12.0. The maximum absolute atomic E-state index is 11.2. The molecule has 18 heavy (non-hydrogen) atoms. The molecule has 0 spiro atoms. The van der Waals surface area contributed by atoms with E-state index >= 15 is 0 Å². The van der Waals surface area contributed by atoms with Gasteiger partial charge in [-0.3, -0.25) is 4.68 Å². The lowest BCUT2D eigenvalue weighted by Crippen LogP contribution is -2.04. The van der Waals surface area contributed by atoms with E-state index in [9.17, 15) is 9.90 Å². The van der Waals surface area contributed by atoms with Gasteiger partial charge in [-0.25, -0.2) is 4.79 Å². The lowest BCUT2D eigenvalue weighted by molar-refractivity contribution is 0.0697. The summed E-state index contributed by atoms with van der Waals surface area (Å²) in [6, 6.07) is 3.71. The molecule has 0 amide bonds. The molecule has 0 saturated heterocycles. The zero-order chi connectivity index (χ0) is 13.3. The number of carboxylic acids is 1. The van der Waals surface area contributed by atoms with Crippen LogP contribution in [0.1, 0.15) is 36.7 Å². The van der Waals surface area contributed by atoms with Crippen LogP contribution in [0.5, 0.6) is 0 Å². The molecule has 0 aliphatic rings. The molecule has 4 nitrogen and oxygen atoms in total. The van der Waals surface area contributed by atoms with Gasteiger partial charge in [-0.05, 0) is 25.5 Å². The van der Waals surface area contributed by atoms with Gasteiger partial charge in [0.2, 0.25) is 0 Å². The zero-order valence-corrected chi connectivity index (χ0v) is 11.6. The Morgan fingerprint density at radius 3 is 2.83 bits per heavy atom. The fraction of sp³-hybridized carbons (Fsp3) is 0.333. The minimum Gasteiger partial charge on any atom is -0.478 e. The number of halogens is 1. The number of carboxylic acid groups (broad SMARTS) is 1. The molecular formula is C12H13ClN2O2S. The minimum atomic E-state index is -0.968. The maximum Gasteiger partial charge on any atom is 0.339 e. The number of aromatic carboxylic acids is 1. The topological polar surface area (TPSA) is 55.1 Å². The van der Waals surface area contributed by atoms with Crippen LogP contribution >= 0.6 is 22.9 Å². The van der Waals surface area contributed by atoms with Crippen LogP contribution in [-0.4, -0.2) is 20.9 Å². The van der Waals surface area contributed by atoms with Gasteiger partial charge < -0.3 is 5.11 Å². The Balaban J connectivity index is 2.51. The van der Waals surface area contributed by atoms with Gasteiger partial charge >= 0.3 is 5.97 Å². The van der Waals surface area contributed by atoms with Crippen LogP contribution < -0.4 is 0 Å². The second-order valence-electron chi connectivity index (χ2n) is 4.04. The largest absolute Gasteiger partial charge is 0.478 e. The summed E-state index contributed by atoms with van der Waals surface area (Å²) in [7, 11) is 0. The number of rotatable bonds is 4. The summed E-state index contributed by atoms with van der Waals surface area (Å²) in [6.07, 6.45) is 2.48. The summed E-state index contributed by atoms with van der Waals surface area (Å²) >= 11 is 7.21. The lowest BCUT2D eigenvalue weighted by Gasteiger charge is -2.07. The van der Waals surface area contributed by atoms with Crippen LogP contribution in [0.2, 0.25) is 4.34 Å². The molecule has 0 fully saturated rings. The summed E-state index contributed by atoms with van der Waals surface area (Å²) in [5, 5.41) is 13.6. The molecule has 96 valence electrons. The van der Waals surface area contributed by atoms with E-state index in [0.717, 1.165) is 11.3 Å². The van der Waals surface area contributed by atoms with Crippen molar-refractivity contribution in [3.63, 3.8) is 0 Å². The van der Waals surface area contributed by atoms with Gasteiger partial charge in [-0.1, -0.05) is 18.5 Å². The van der Waals surface area contributed by atoms with Crippen LogP contribution in [0.4, 0.5) is 0 Å². The first-order valence-electron chi connectivity index (χ1n) is 5.61. The van der Waals surface area contributed by atoms with Gasteiger partial charge in [0.15, 0.2) is 0 Å². The summed E-state index contributed by atoms with van der Waals surface area (Å²) in [6.45, 7) is 4.04. The third-order valence-electron chi connectivity index (χ3n) is 2.81. The molecule has 2 aromatic rings. The van der Waals surface area contributed by atoms with Crippen molar-refractivity contribution in [2.24, 2.45) is 0 Å². The molecule has 2 rings (SSSR count). The average molecular weight is 285 g/mol. The van der Waals surface area contributed by atoms with Crippen molar-refractivity contribution in [3.8, 4) is 10.6 Å². The molecule has 0 aromatic carbocycles. The van der Waals surface area contributed by atoms with Crippen molar-refractivity contribution >= 4 is 28.9 Å². The normalized spacial score (nSPS) is 12.6. The number of hydrogen-bond donors (Lipinski definition) is 1. The van der Waals surface area contributed by atoms with Crippen LogP contribution in [0, 0.1) is 0 Å². The van der Waals surface area contributed by atoms with Gasteiger partial charge in [-0.2, -0.15) is 5.10 Å². The highest BCUT2D eigenvalue weighted by Crippen LogP contribution is 2.32. The Labute approximate surface area is 114 Å². The van der Waals surface area contributed by atoms with Crippen LogP contribution in [0.3, 0.4) is 0 Å². The first-order chi connectivity index (χ1) is 8.52. The quantitative estimate of drug-likeness (QED) is 0.925. The van der Waals surface area contributed by atoms with Gasteiger partial charge in [0.25, 0.3) is 0 Å². The Bertz CT molecular complexity index is 576. The SMILES string of the molecule is CCC(C)n1cc(C(=O)O)c(-c2ccc(Cl)s2)n1. The highest BCUT2D eigenvalue weighted by molar-refractivity contribution is 7.19. The van der Waals surface area contributed by atoms with E-state index < -0.39 is 5.97 Å². The second-order valence-corrected chi connectivity index (χ2v) is 5.75. The van der Waals surface area contributed by atoms with Gasteiger partial charge in [0.05, 0.1) is 9.21 Å². The molecule has 0 bridgehead atoms. The fourth-order valence-electron chi connectivity index (χ4n) is 1.58. The van der Waals surface area contributed by atoms with Crippen molar-refractivity contribution in [2.45, 2.75) is 26.3 Å². The molecule has 0 saturated carbocycles. The molecule has 1 N–H and O–H groups in total. The monoisotopic (exact) mass is 284 g/mol. The Morgan fingerprint density at radius 1 is 1.61 bits per heavy atom. The third kappa shape index (κ3) is 2.42. The molecule has 0 aliphatic carbocycles. The van der Waals surface area contributed by atoms with Crippen LogP contribution in [-0.2, 0) is 0 Å². The molecule has 0 radical (unpaired) electrons. The third-order valence-corrected chi connectivity index (χ3v) is 4.05. The molecular weight excluding hydrogens is 272 g/mol. The maximum atomic E-state index is 11.2. The summed E-state index contributed by atoms with van der Waals surface area (Å²) in [5.41, 5.74) is 0.702. The predicted octanol–water partition coefficient (Wildman–Crippen LogP) is 3.93.